The molecule has 15 heavy (non-hydrogen) atoms. The molecule has 0 spiro atoms. The molecule has 0 aromatic rings. The van der Waals surface area contributed by atoms with Crippen molar-refractivity contribution in [3.8, 4) is 6.07 Å². The molecular weight excluding hydrogens is 190 g/mol. The second kappa shape index (κ2) is 5.72. The van der Waals surface area contributed by atoms with Crippen molar-refractivity contribution in [3.63, 3.8) is 0 Å². The minimum atomic E-state index is 0.101. The van der Waals surface area contributed by atoms with Crippen molar-refractivity contribution < 1.29 is 4.79 Å². The standard InChI is InChI=1S/C11H19N3O/c1-3-14(6-4-5-12)11(15)10-8-13-7-9(10)2/h9-10,13H,3-4,6-8H2,1-2H3. The highest BCUT2D eigenvalue weighted by Crippen LogP contribution is 2.18. The first-order valence-corrected chi connectivity index (χ1v) is 5.57. The van der Waals surface area contributed by atoms with Crippen LogP contribution in [0.25, 0.3) is 0 Å². The van der Waals surface area contributed by atoms with E-state index in [9.17, 15) is 4.79 Å². The Morgan fingerprint density at radius 2 is 2.33 bits per heavy atom. The van der Waals surface area contributed by atoms with Crippen molar-refractivity contribution in [3.05, 3.63) is 0 Å². The quantitative estimate of drug-likeness (QED) is 0.738. The van der Waals surface area contributed by atoms with Crippen LogP contribution in [-0.4, -0.2) is 37.0 Å². The zero-order valence-corrected chi connectivity index (χ0v) is 9.49. The Labute approximate surface area is 91.2 Å². The molecule has 0 saturated carbocycles. The molecule has 4 heteroatoms. The average Bonchev–Trinajstić information content (AvgIpc) is 2.65. The smallest absolute Gasteiger partial charge is 0.227 e. The summed E-state index contributed by atoms with van der Waals surface area (Å²) in [5, 5.41) is 11.7. The van der Waals surface area contributed by atoms with Gasteiger partial charge in [0.2, 0.25) is 5.91 Å². The van der Waals surface area contributed by atoms with Crippen molar-refractivity contribution in [1.29, 1.82) is 5.26 Å². The van der Waals surface area contributed by atoms with Gasteiger partial charge in [-0.25, -0.2) is 0 Å². The van der Waals surface area contributed by atoms with Gasteiger partial charge in [-0.05, 0) is 19.4 Å². The molecule has 4 nitrogen and oxygen atoms in total. The molecule has 0 bridgehead atoms. The molecule has 0 aliphatic carbocycles. The van der Waals surface area contributed by atoms with E-state index in [2.05, 4.69) is 18.3 Å². The molecule has 2 unspecified atom stereocenters. The number of nitrogens with one attached hydrogen (secondary N) is 1. The van der Waals surface area contributed by atoms with Crippen molar-refractivity contribution in [2.75, 3.05) is 26.2 Å². The molecule has 1 saturated heterocycles. The van der Waals surface area contributed by atoms with Crippen LogP contribution in [0.1, 0.15) is 20.3 Å². The monoisotopic (exact) mass is 209 g/mol. The van der Waals surface area contributed by atoms with E-state index < -0.39 is 0 Å². The molecule has 0 radical (unpaired) electrons. The highest BCUT2D eigenvalue weighted by molar-refractivity contribution is 5.79. The molecule has 1 amide bonds. The summed E-state index contributed by atoms with van der Waals surface area (Å²) in [7, 11) is 0. The fraction of sp³-hybridized carbons (Fsp3) is 0.818. The van der Waals surface area contributed by atoms with Crippen LogP contribution in [0.3, 0.4) is 0 Å². The minimum Gasteiger partial charge on any atom is -0.342 e. The average molecular weight is 209 g/mol. The zero-order valence-electron chi connectivity index (χ0n) is 9.49. The molecule has 84 valence electrons. The lowest BCUT2D eigenvalue weighted by Crippen LogP contribution is -2.39. The summed E-state index contributed by atoms with van der Waals surface area (Å²) in [5.41, 5.74) is 0. The molecule has 1 aliphatic rings. The van der Waals surface area contributed by atoms with Crippen LogP contribution >= 0.6 is 0 Å². The Bertz CT molecular complexity index is 259. The van der Waals surface area contributed by atoms with Crippen LogP contribution in [0, 0.1) is 23.2 Å². The van der Waals surface area contributed by atoms with Gasteiger partial charge in [-0.3, -0.25) is 4.79 Å². The van der Waals surface area contributed by atoms with Crippen LogP contribution in [0.2, 0.25) is 0 Å². The third-order valence-corrected chi connectivity index (χ3v) is 3.02. The topological polar surface area (TPSA) is 56.1 Å². The summed E-state index contributed by atoms with van der Waals surface area (Å²) in [5.74, 6) is 0.711. The lowest BCUT2D eigenvalue weighted by atomic mass is 9.96. The van der Waals surface area contributed by atoms with E-state index in [0.29, 0.717) is 25.4 Å². The summed E-state index contributed by atoms with van der Waals surface area (Å²) in [6, 6.07) is 2.08. The fourth-order valence-electron chi connectivity index (χ4n) is 1.98. The Morgan fingerprint density at radius 1 is 1.60 bits per heavy atom. The highest BCUT2D eigenvalue weighted by atomic mass is 16.2. The van der Waals surface area contributed by atoms with Crippen molar-refractivity contribution in [1.82, 2.24) is 10.2 Å². The van der Waals surface area contributed by atoms with Gasteiger partial charge < -0.3 is 10.2 Å². The van der Waals surface area contributed by atoms with Crippen LogP contribution in [0.5, 0.6) is 0 Å². The largest absolute Gasteiger partial charge is 0.342 e. The molecule has 1 aliphatic heterocycles. The first-order chi connectivity index (χ1) is 7.20. The molecular formula is C11H19N3O. The van der Waals surface area contributed by atoms with Gasteiger partial charge in [-0.15, -0.1) is 0 Å². The Kier molecular flexibility index (Phi) is 4.57. The third kappa shape index (κ3) is 2.93. The predicted molar refractivity (Wildman–Crippen MR) is 58.0 cm³/mol. The normalized spacial score (nSPS) is 24.9. The minimum absolute atomic E-state index is 0.101. The van der Waals surface area contributed by atoms with Crippen LogP contribution in [0.15, 0.2) is 0 Å². The maximum absolute atomic E-state index is 12.1. The summed E-state index contributed by atoms with van der Waals surface area (Å²) >= 11 is 0. The van der Waals surface area contributed by atoms with Gasteiger partial charge in [0.1, 0.15) is 0 Å². The van der Waals surface area contributed by atoms with E-state index in [1.165, 1.54) is 0 Å². The van der Waals surface area contributed by atoms with Gasteiger partial charge in [0.25, 0.3) is 0 Å². The number of amides is 1. The maximum atomic E-state index is 12.1. The van der Waals surface area contributed by atoms with Crippen LogP contribution < -0.4 is 5.32 Å². The Balaban J connectivity index is 2.52. The van der Waals surface area contributed by atoms with Gasteiger partial charge in [0, 0.05) is 19.6 Å². The second-order valence-electron chi connectivity index (χ2n) is 4.07. The van der Waals surface area contributed by atoms with Crippen LogP contribution in [-0.2, 0) is 4.79 Å². The Hall–Kier alpha value is -1.08. The summed E-state index contributed by atoms with van der Waals surface area (Å²) in [6.45, 7) is 7.02. The van der Waals surface area contributed by atoms with E-state index in [4.69, 9.17) is 5.26 Å². The number of hydrogen-bond acceptors (Lipinski definition) is 3. The first kappa shape index (κ1) is 12.0. The molecule has 1 rings (SSSR count). The summed E-state index contributed by atoms with van der Waals surface area (Å²) in [4.78, 5) is 13.9. The second-order valence-corrected chi connectivity index (χ2v) is 4.07. The molecule has 1 heterocycles. The number of carbonyl (C=O) groups excluding carboxylic acids is 1. The van der Waals surface area contributed by atoms with Gasteiger partial charge in [0.15, 0.2) is 0 Å². The highest BCUT2D eigenvalue weighted by Gasteiger charge is 2.31. The molecule has 1 fully saturated rings. The number of carbonyl (C=O) groups is 1. The van der Waals surface area contributed by atoms with E-state index in [0.717, 1.165) is 13.1 Å². The van der Waals surface area contributed by atoms with E-state index in [1.54, 1.807) is 4.90 Å². The maximum Gasteiger partial charge on any atom is 0.227 e. The number of rotatable bonds is 4. The lowest BCUT2D eigenvalue weighted by molar-refractivity contribution is -0.135. The molecule has 0 aromatic carbocycles. The van der Waals surface area contributed by atoms with E-state index in [-0.39, 0.29) is 11.8 Å². The van der Waals surface area contributed by atoms with Gasteiger partial charge in [0.05, 0.1) is 18.4 Å². The Morgan fingerprint density at radius 3 is 2.80 bits per heavy atom. The SMILES string of the molecule is CCN(CCC#N)C(=O)C1CNCC1C. The molecule has 0 aromatic heterocycles. The van der Waals surface area contributed by atoms with Gasteiger partial charge in [-0.1, -0.05) is 6.92 Å². The zero-order chi connectivity index (χ0) is 11.3. The molecule has 2 atom stereocenters. The lowest BCUT2D eigenvalue weighted by Gasteiger charge is -2.24. The van der Waals surface area contributed by atoms with Crippen molar-refractivity contribution in [2.45, 2.75) is 20.3 Å². The third-order valence-electron chi connectivity index (χ3n) is 3.02. The number of hydrogen-bond donors (Lipinski definition) is 1. The van der Waals surface area contributed by atoms with Gasteiger partial charge in [-0.2, -0.15) is 5.26 Å². The van der Waals surface area contributed by atoms with Crippen molar-refractivity contribution in [2.24, 2.45) is 11.8 Å². The summed E-state index contributed by atoms with van der Waals surface area (Å²) < 4.78 is 0. The fourth-order valence-corrected chi connectivity index (χ4v) is 1.98. The van der Waals surface area contributed by atoms with E-state index >= 15 is 0 Å². The molecule has 1 N–H and O–H groups in total. The van der Waals surface area contributed by atoms with Crippen molar-refractivity contribution >= 4 is 5.91 Å². The van der Waals surface area contributed by atoms with Gasteiger partial charge >= 0.3 is 0 Å². The van der Waals surface area contributed by atoms with E-state index in [1.807, 2.05) is 6.92 Å². The first-order valence-electron chi connectivity index (χ1n) is 5.57. The number of nitriles is 1. The number of nitrogens with zero attached hydrogens (tertiary/aromatic N) is 2. The predicted octanol–water partition coefficient (Wildman–Crippen LogP) is 0.604. The van der Waals surface area contributed by atoms with Crippen LogP contribution in [0.4, 0.5) is 0 Å². The summed E-state index contributed by atoms with van der Waals surface area (Å²) in [6.07, 6.45) is 0.425.